The number of aliphatic carboxylic acids is 1. The van der Waals surface area contributed by atoms with E-state index >= 15 is 0 Å². The molecule has 0 atom stereocenters. The van der Waals surface area contributed by atoms with Gasteiger partial charge in [-0.2, -0.15) is 0 Å². The summed E-state index contributed by atoms with van der Waals surface area (Å²) in [5, 5.41) is 9.74. The number of hydrogen-bond acceptors (Lipinski definition) is 2. The van der Waals surface area contributed by atoms with Gasteiger partial charge >= 0.3 is 5.97 Å². The molecular formula is C23H31NO2. The first-order chi connectivity index (χ1) is 12.4. The fraction of sp³-hybridized carbons (Fsp3) is 0.435. The minimum absolute atomic E-state index is 0.0884. The number of rotatable bonds is 9. The summed E-state index contributed by atoms with van der Waals surface area (Å²) in [6.07, 6.45) is 0.856. The number of carboxylic acids is 1. The van der Waals surface area contributed by atoms with E-state index in [-0.39, 0.29) is 6.42 Å². The Balaban J connectivity index is 2.50. The molecule has 2 aromatic rings. The van der Waals surface area contributed by atoms with Crippen LogP contribution >= 0.6 is 0 Å². The van der Waals surface area contributed by atoms with Gasteiger partial charge in [0.2, 0.25) is 0 Å². The molecule has 0 unspecified atom stereocenters. The topological polar surface area (TPSA) is 40.5 Å². The third kappa shape index (κ3) is 4.73. The van der Waals surface area contributed by atoms with Gasteiger partial charge in [0.15, 0.2) is 0 Å². The molecule has 0 aliphatic heterocycles. The summed E-state index contributed by atoms with van der Waals surface area (Å²) in [4.78, 5) is 14.3. The van der Waals surface area contributed by atoms with Crippen molar-refractivity contribution in [1.82, 2.24) is 4.90 Å². The van der Waals surface area contributed by atoms with Crippen molar-refractivity contribution in [2.75, 3.05) is 6.54 Å². The number of benzene rings is 2. The molecule has 0 heterocycles. The fourth-order valence-electron chi connectivity index (χ4n) is 3.95. The molecule has 0 amide bonds. The number of hydrogen-bond donors (Lipinski definition) is 1. The summed E-state index contributed by atoms with van der Waals surface area (Å²) >= 11 is 0. The summed E-state index contributed by atoms with van der Waals surface area (Å²) in [5.41, 5.74) is 1.61. The Bertz CT molecular complexity index is 632. The Hall–Kier alpha value is -2.13. The summed E-state index contributed by atoms with van der Waals surface area (Å²) in [5.74, 6) is -0.765. The van der Waals surface area contributed by atoms with Gasteiger partial charge in [-0.25, -0.2) is 0 Å². The highest BCUT2D eigenvalue weighted by atomic mass is 16.4. The molecule has 3 nitrogen and oxygen atoms in total. The van der Waals surface area contributed by atoms with Crippen LogP contribution in [0.5, 0.6) is 0 Å². The third-order valence-electron chi connectivity index (χ3n) is 5.23. The molecule has 140 valence electrons. The van der Waals surface area contributed by atoms with Crippen molar-refractivity contribution in [3.63, 3.8) is 0 Å². The Kier molecular flexibility index (Phi) is 6.98. The molecule has 0 fully saturated rings. The second-order valence-electron chi connectivity index (χ2n) is 7.56. The van der Waals surface area contributed by atoms with Crippen LogP contribution in [0.4, 0.5) is 0 Å². The Labute approximate surface area is 157 Å². The van der Waals surface area contributed by atoms with E-state index in [9.17, 15) is 9.90 Å². The van der Waals surface area contributed by atoms with Crippen LogP contribution in [0.3, 0.4) is 0 Å². The maximum atomic E-state index is 11.9. The van der Waals surface area contributed by atoms with E-state index in [1.165, 1.54) is 0 Å². The SMILES string of the molecule is CC(C)N(CCC(CC(=O)O)(c1ccccc1)c1ccccc1)C(C)C. The summed E-state index contributed by atoms with van der Waals surface area (Å²) in [7, 11) is 0. The highest BCUT2D eigenvalue weighted by Crippen LogP contribution is 2.39. The third-order valence-corrected chi connectivity index (χ3v) is 5.23. The van der Waals surface area contributed by atoms with Gasteiger partial charge in [0.05, 0.1) is 6.42 Å². The molecule has 0 aliphatic carbocycles. The van der Waals surface area contributed by atoms with Gasteiger partial charge in [0, 0.05) is 17.5 Å². The second-order valence-corrected chi connectivity index (χ2v) is 7.56. The smallest absolute Gasteiger partial charge is 0.304 e. The first-order valence-corrected chi connectivity index (χ1v) is 9.45. The molecule has 0 spiro atoms. The standard InChI is InChI=1S/C23H31NO2/c1-18(2)24(19(3)4)16-15-23(17-22(25)26,20-11-7-5-8-12-20)21-13-9-6-10-14-21/h5-14,18-19H,15-17H2,1-4H3,(H,25,26). The van der Waals surface area contributed by atoms with E-state index in [4.69, 9.17) is 0 Å². The molecule has 0 aliphatic rings. The number of nitrogens with zero attached hydrogens (tertiary/aromatic N) is 1. The Morgan fingerprint density at radius 2 is 1.31 bits per heavy atom. The minimum atomic E-state index is -0.765. The molecular weight excluding hydrogens is 322 g/mol. The molecule has 3 heteroatoms. The number of carboxylic acid groups (broad SMARTS) is 1. The first kappa shape index (κ1) is 20.2. The van der Waals surface area contributed by atoms with Crippen molar-refractivity contribution in [3.8, 4) is 0 Å². The molecule has 1 N–H and O–H groups in total. The molecule has 0 radical (unpaired) electrons. The lowest BCUT2D eigenvalue weighted by atomic mass is 9.69. The predicted octanol–water partition coefficient (Wildman–Crippen LogP) is 4.96. The summed E-state index contributed by atoms with van der Waals surface area (Å²) in [6, 6.07) is 21.0. The molecule has 0 saturated carbocycles. The highest BCUT2D eigenvalue weighted by molar-refractivity contribution is 5.70. The van der Waals surface area contributed by atoms with Crippen molar-refractivity contribution in [2.24, 2.45) is 0 Å². The van der Waals surface area contributed by atoms with E-state index in [1.54, 1.807) is 0 Å². The average molecular weight is 354 g/mol. The zero-order valence-electron chi connectivity index (χ0n) is 16.4. The second kappa shape index (κ2) is 9.00. The summed E-state index contributed by atoms with van der Waals surface area (Å²) in [6.45, 7) is 9.65. The van der Waals surface area contributed by atoms with Crippen LogP contribution in [0.25, 0.3) is 0 Å². The quantitative estimate of drug-likeness (QED) is 0.693. The lowest BCUT2D eigenvalue weighted by Crippen LogP contribution is -2.42. The molecule has 26 heavy (non-hydrogen) atoms. The molecule has 0 saturated heterocycles. The van der Waals surface area contributed by atoms with E-state index in [2.05, 4.69) is 56.9 Å². The minimum Gasteiger partial charge on any atom is -0.481 e. The molecule has 0 aromatic heterocycles. The van der Waals surface area contributed by atoms with Crippen molar-refractivity contribution in [3.05, 3.63) is 71.8 Å². The largest absolute Gasteiger partial charge is 0.481 e. The monoisotopic (exact) mass is 353 g/mol. The van der Waals surface area contributed by atoms with Crippen LogP contribution in [0, 0.1) is 0 Å². The predicted molar refractivity (Wildman–Crippen MR) is 108 cm³/mol. The van der Waals surface area contributed by atoms with E-state index in [0.29, 0.717) is 12.1 Å². The van der Waals surface area contributed by atoms with Crippen molar-refractivity contribution in [2.45, 2.75) is 58.0 Å². The first-order valence-electron chi connectivity index (χ1n) is 9.45. The van der Waals surface area contributed by atoms with Gasteiger partial charge < -0.3 is 5.11 Å². The lowest BCUT2D eigenvalue weighted by Gasteiger charge is -2.38. The van der Waals surface area contributed by atoms with Gasteiger partial charge in [-0.3, -0.25) is 9.69 Å². The molecule has 2 aromatic carbocycles. The van der Waals surface area contributed by atoms with Crippen molar-refractivity contribution in [1.29, 1.82) is 0 Å². The zero-order valence-corrected chi connectivity index (χ0v) is 16.4. The maximum Gasteiger partial charge on any atom is 0.304 e. The van der Waals surface area contributed by atoms with Crippen molar-refractivity contribution < 1.29 is 9.90 Å². The van der Waals surface area contributed by atoms with Crippen LogP contribution in [0.15, 0.2) is 60.7 Å². The van der Waals surface area contributed by atoms with Crippen LogP contribution in [0.1, 0.15) is 51.7 Å². The van der Waals surface area contributed by atoms with Gasteiger partial charge in [-0.1, -0.05) is 60.7 Å². The van der Waals surface area contributed by atoms with Crippen molar-refractivity contribution >= 4 is 5.97 Å². The van der Waals surface area contributed by atoms with E-state index < -0.39 is 11.4 Å². The summed E-state index contributed by atoms with van der Waals surface area (Å²) < 4.78 is 0. The maximum absolute atomic E-state index is 11.9. The Morgan fingerprint density at radius 1 is 0.885 bits per heavy atom. The number of carbonyl (C=O) groups is 1. The fourth-order valence-corrected chi connectivity index (χ4v) is 3.95. The van der Waals surface area contributed by atoms with Crippen LogP contribution in [-0.2, 0) is 10.2 Å². The van der Waals surface area contributed by atoms with Crippen LogP contribution < -0.4 is 0 Å². The van der Waals surface area contributed by atoms with E-state index in [1.807, 2.05) is 36.4 Å². The molecule has 0 bridgehead atoms. The van der Waals surface area contributed by atoms with Crippen LogP contribution in [0.2, 0.25) is 0 Å². The van der Waals surface area contributed by atoms with Gasteiger partial charge in [-0.05, 0) is 51.8 Å². The van der Waals surface area contributed by atoms with Gasteiger partial charge in [-0.15, -0.1) is 0 Å². The lowest BCUT2D eigenvalue weighted by molar-refractivity contribution is -0.138. The van der Waals surface area contributed by atoms with E-state index in [0.717, 1.165) is 24.1 Å². The average Bonchev–Trinajstić information content (AvgIpc) is 2.61. The highest BCUT2D eigenvalue weighted by Gasteiger charge is 2.37. The zero-order chi connectivity index (χ0) is 19.2. The molecule has 2 rings (SSSR count). The van der Waals surface area contributed by atoms with Gasteiger partial charge in [0.25, 0.3) is 0 Å². The van der Waals surface area contributed by atoms with Gasteiger partial charge in [0.1, 0.15) is 0 Å². The Morgan fingerprint density at radius 3 is 1.65 bits per heavy atom. The van der Waals surface area contributed by atoms with Crippen LogP contribution in [-0.4, -0.2) is 34.6 Å². The normalized spacial score (nSPS) is 12.1.